The predicted octanol–water partition coefficient (Wildman–Crippen LogP) is 3.08. The van der Waals surface area contributed by atoms with Gasteiger partial charge in [-0.05, 0) is 41.8 Å². The molecule has 0 bridgehead atoms. The van der Waals surface area contributed by atoms with Gasteiger partial charge < -0.3 is 10.2 Å². The zero-order chi connectivity index (χ0) is 15.5. The first-order valence-electron chi connectivity index (χ1n) is 6.42. The lowest BCUT2D eigenvalue weighted by Crippen LogP contribution is -2.37. The van der Waals surface area contributed by atoms with Gasteiger partial charge in [0.15, 0.2) is 0 Å². The second-order valence-corrected chi connectivity index (χ2v) is 5.44. The van der Waals surface area contributed by atoms with Crippen LogP contribution in [-0.4, -0.2) is 23.4 Å². The van der Waals surface area contributed by atoms with Gasteiger partial charge in [0.25, 0.3) is 0 Å². The van der Waals surface area contributed by atoms with E-state index in [9.17, 15) is 19.0 Å². The average Bonchev–Trinajstić information content (AvgIpc) is 2.48. The van der Waals surface area contributed by atoms with Crippen molar-refractivity contribution in [1.82, 2.24) is 0 Å². The Balaban J connectivity index is 2.40. The first-order chi connectivity index (χ1) is 10.0. The number of aliphatic hydroxyl groups excluding tert-OH is 2. The van der Waals surface area contributed by atoms with Gasteiger partial charge in [-0.25, -0.2) is 8.78 Å². The number of hydrogen-bond acceptors (Lipinski definition) is 2. The summed E-state index contributed by atoms with van der Waals surface area (Å²) in [5.74, 6) is -1.03. The quantitative estimate of drug-likeness (QED) is 0.891. The molecule has 0 aromatic heterocycles. The van der Waals surface area contributed by atoms with Gasteiger partial charge in [-0.1, -0.05) is 29.8 Å². The lowest BCUT2D eigenvalue weighted by Gasteiger charge is -2.30. The highest BCUT2D eigenvalue weighted by atomic mass is 35.5. The summed E-state index contributed by atoms with van der Waals surface area (Å²) in [6, 6.07) is 9.96. The number of halogens is 3. The fourth-order valence-corrected chi connectivity index (χ4v) is 2.42. The maximum absolute atomic E-state index is 13.5. The molecule has 0 unspecified atom stereocenters. The summed E-state index contributed by atoms with van der Waals surface area (Å²) in [5.41, 5.74) is -0.0605. The molecule has 2 aromatic carbocycles. The van der Waals surface area contributed by atoms with Crippen molar-refractivity contribution in [3.05, 3.63) is 70.2 Å². The Hall–Kier alpha value is -1.49. The molecule has 112 valence electrons. The van der Waals surface area contributed by atoms with Crippen molar-refractivity contribution in [2.45, 2.75) is 11.8 Å². The van der Waals surface area contributed by atoms with E-state index in [-0.39, 0.29) is 11.4 Å². The fraction of sp³-hybridized carbons (Fsp3) is 0.250. The molecular weight excluding hydrogens is 298 g/mol. The molecule has 0 aliphatic heterocycles. The molecule has 21 heavy (non-hydrogen) atoms. The zero-order valence-corrected chi connectivity index (χ0v) is 11.9. The van der Waals surface area contributed by atoms with Gasteiger partial charge in [0, 0.05) is 5.41 Å². The number of rotatable bonds is 5. The summed E-state index contributed by atoms with van der Waals surface area (Å²) in [5, 5.41) is 19.4. The summed E-state index contributed by atoms with van der Waals surface area (Å²) < 4.78 is 26.9. The van der Waals surface area contributed by atoms with E-state index in [0.717, 1.165) is 0 Å². The highest BCUT2D eigenvalue weighted by Crippen LogP contribution is 2.29. The van der Waals surface area contributed by atoms with Crippen LogP contribution in [0.4, 0.5) is 8.78 Å². The minimum Gasteiger partial charge on any atom is -0.395 e. The second kappa shape index (κ2) is 6.52. The SMILES string of the molecule is OCC(CO)(Cc1ccc(Cl)c(F)c1)c1cccc(F)c1. The van der Waals surface area contributed by atoms with Crippen LogP contribution in [0.15, 0.2) is 42.5 Å². The van der Waals surface area contributed by atoms with Crippen LogP contribution in [0.5, 0.6) is 0 Å². The van der Waals surface area contributed by atoms with Crippen LogP contribution in [-0.2, 0) is 11.8 Å². The van der Waals surface area contributed by atoms with E-state index in [0.29, 0.717) is 11.1 Å². The van der Waals surface area contributed by atoms with E-state index >= 15 is 0 Å². The third-order valence-electron chi connectivity index (χ3n) is 3.57. The topological polar surface area (TPSA) is 40.5 Å². The molecule has 2 N–H and O–H groups in total. The van der Waals surface area contributed by atoms with Crippen LogP contribution in [0.25, 0.3) is 0 Å². The maximum atomic E-state index is 13.5. The number of aliphatic hydroxyl groups is 2. The third-order valence-corrected chi connectivity index (χ3v) is 3.88. The molecule has 0 aliphatic carbocycles. The molecule has 0 amide bonds. The summed E-state index contributed by atoms with van der Waals surface area (Å²) in [4.78, 5) is 0. The zero-order valence-electron chi connectivity index (χ0n) is 11.2. The molecular formula is C16H15ClF2O2. The Morgan fingerprint density at radius 3 is 2.29 bits per heavy atom. The Kier molecular flexibility index (Phi) is 4.93. The van der Waals surface area contributed by atoms with E-state index in [2.05, 4.69) is 0 Å². The Bertz CT molecular complexity index is 627. The van der Waals surface area contributed by atoms with Gasteiger partial charge in [0.2, 0.25) is 0 Å². The largest absolute Gasteiger partial charge is 0.395 e. The van der Waals surface area contributed by atoms with Gasteiger partial charge in [0.05, 0.1) is 18.2 Å². The van der Waals surface area contributed by atoms with Gasteiger partial charge in [-0.15, -0.1) is 0 Å². The van der Waals surface area contributed by atoms with Crippen molar-refractivity contribution < 1.29 is 19.0 Å². The van der Waals surface area contributed by atoms with Gasteiger partial charge >= 0.3 is 0 Å². The fourth-order valence-electron chi connectivity index (χ4n) is 2.31. The van der Waals surface area contributed by atoms with E-state index in [4.69, 9.17) is 11.6 Å². The normalized spacial score (nSPS) is 11.7. The molecule has 0 saturated carbocycles. The van der Waals surface area contributed by atoms with Crippen LogP contribution >= 0.6 is 11.6 Å². The van der Waals surface area contributed by atoms with E-state index in [1.54, 1.807) is 12.1 Å². The lowest BCUT2D eigenvalue weighted by atomic mass is 9.77. The monoisotopic (exact) mass is 312 g/mol. The van der Waals surface area contributed by atoms with E-state index in [1.165, 1.54) is 30.3 Å². The van der Waals surface area contributed by atoms with Gasteiger partial charge in [-0.2, -0.15) is 0 Å². The summed E-state index contributed by atoms with van der Waals surface area (Å²) in [6.45, 7) is -0.783. The van der Waals surface area contributed by atoms with Crippen molar-refractivity contribution in [3.63, 3.8) is 0 Å². The molecule has 0 aliphatic rings. The Labute approximate surface area is 126 Å². The van der Waals surface area contributed by atoms with E-state index in [1.807, 2.05) is 0 Å². The molecule has 2 aromatic rings. The summed E-state index contributed by atoms with van der Waals surface area (Å²) in [6.07, 6.45) is 0.164. The first kappa shape index (κ1) is 15.9. The molecule has 0 spiro atoms. The summed E-state index contributed by atoms with van der Waals surface area (Å²) >= 11 is 5.63. The van der Waals surface area contributed by atoms with Crippen LogP contribution < -0.4 is 0 Å². The van der Waals surface area contributed by atoms with Crippen molar-refractivity contribution in [3.8, 4) is 0 Å². The van der Waals surface area contributed by atoms with Crippen molar-refractivity contribution in [2.24, 2.45) is 0 Å². The molecule has 0 atom stereocenters. The van der Waals surface area contributed by atoms with Crippen molar-refractivity contribution in [1.29, 1.82) is 0 Å². The molecule has 0 saturated heterocycles. The van der Waals surface area contributed by atoms with Crippen LogP contribution in [0.3, 0.4) is 0 Å². The molecule has 5 heteroatoms. The first-order valence-corrected chi connectivity index (χ1v) is 6.80. The highest BCUT2D eigenvalue weighted by molar-refractivity contribution is 6.30. The number of benzene rings is 2. The second-order valence-electron chi connectivity index (χ2n) is 5.03. The van der Waals surface area contributed by atoms with Crippen molar-refractivity contribution >= 4 is 11.6 Å². The van der Waals surface area contributed by atoms with Crippen LogP contribution in [0.1, 0.15) is 11.1 Å². The average molecular weight is 313 g/mol. The smallest absolute Gasteiger partial charge is 0.142 e. The highest BCUT2D eigenvalue weighted by Gasteiger charge is 2.32. The summed E-state index contributed by atoms with van der Waals surface area (Å²) in [7, 11) is 0. The van der Waals surface area contributed by atoms with E-state index < -0.39 is 30.3 Å². The number of hydrogen-bond donors (Lipinski definition) is 2. The standard InChI is InChI=1S/C16H15ClF2O2/c17-14-5-4-11(6-15(14)19)8-16(9-20,10-21)12-2-1-3-13(18)7-12/h1-7,20-21H,8-10H2. The minimum atomic E-state index is -1.08. The predicted molar refractivity (Wildman–Crippen MR) is 77.4 cm³/mol. The minimum absolute atomic E-state index is 0.00287. The molecule has 0 fully saturated rings. The lowest BCUT2D eigenvalue weighted by molar-refractivity contribution is 0.116. The Morgan fingerprint density at radius 2 is 1.71 bits per heavy atom. The van der Waals surface area contributed by atoms with Crippen LogP contribution in [0.2, 0.25) is 5.02 Å². The maximum Gasteiger partial charge on any atom is 0.142 e. The van der Waals surface area contributed by atoms with Crippen molar-refractivity contribution in [2.75, 3.05) is 13.2 Å². The molecule has 0 heterocycles. The Morgan fingerprint density at radius 1 is 1.00 bits per heavy atom. The molecule has 2 rings (SSSR count). The van der Waals surface area contributed by atoms with Crippen LogP contribution in [0, 0.1) is 11.6 Å². The molecule has 2 nitrogen and oxygen atoms in total. The third kappa shape index (κ3) is 3.40. The van der Waals surface area contributed by atoms with Gasteiger partial charge in [-0.3, -0.25) is 0 Å². The molecule has 0 radical (unpaired) electrons. The van der Waals surface area contributed by atoms with Gasteiger partial charge in [0.1, 0.15) is 11.6 Å².